The number of phenols is 1. The van der Waals surface area contributed by atoms with E-state index in [4.69, 9.17) is 9.05 Å². The fourth-order valence-corrected chi connectivity index (χ4v) is 4.24. The van der Waals surface area contributed by atoms with Gasteiger partial charge in [-0.3, -0.25) is 4.57 Å². The van der Waals surface area contributed by atoms with E-state index in [1.807, 2.05) is 39.8 Å². The van der Waals surface area contributed by atoms with Gasteiger partial charge in [0.15, 0.2) is 0 Å². The molecule has 0 aliphatic rings. The molecule has 0 spiro atoms. The molecule has 0 aliphatic carbocycles. The van der Waals surface area contributed by atoms with Crippen LogP contribution >= 0.6 is 7.60 Å². The van der Waals surface area contributed by atoms with Crippen LogP contribution in [-0.4, -0.2) is 18.3 Å². The van der Waals surface area contributed by atoms with Crippen molar-refractivity contribution in [2.75, 3.05) is 13.2 Å². The molecule has 132 valence electrons. The Labute approximate surface area is 140 Å². The SMILES string of the molecule is CCOP(=O)(Cc1cc(C(C)C)c(O)c(C(C)(C)C)c1)OCC. The Hall–Kier alpha value is -0.830. The molecule has 0 radical (unpaired) electrons. The Morgan fingerprint density at radius 3 is 2.04 bits per heavy atom. The first kappa shape index (κ1) is 20.2. The second-order valence-electron chi connectivity index (χ2n) is 7.09. The molecule has 0 heterocycles. The van der Waals surface area contributed by atoms with Gasteiger partial charge in [0.2, 0.25) is 0 Å². The quantitative estimate of drug-likeness (QED) is 0.657. The molecule has 0 unspecified atom stereocenters. The first-order valence-electron chi connectivity index (χ1n) is 8.28. The van der Waals surface area contributed by atoms with Crippen molar-refractivity contribution < 1.29 is 18.7 Å². The molecule has 0 aromatic heterocycles. The maximum Gasteiger partial charge on any atom is 0.335 e. The van der Waals surface area contributed by atoms with E-state index < -0.39 is 7.60 Å². The third-order valence-corrected chi connectivity index (χ3v) is 5.71. The molecule has 4 nitrogen and oxygen atoms in total. The van der Waals surface area contributed by atoms with Gasteiger partial charge in [0.1, 0.15) is 5.75 Å². The Kier molecular flexibility index (Phi) is 6.88. The van der Waals surface area contributed by atoms with Crippen molar-refractivity contribution >= 4 is 7.60 Å². The smallest absolute Gasteiger partial charge is 0.335 e. The molecule has 1 aromatic rings. The summed E-state index contributed by atoms with van der Waals surface area (Å²) in [5.74, 6) is 0.508. The van der Waals surface area contributed by atoms with Crippen LogP contribution < -0.4 is 0 Å². The van der Waals surface area contributed by atoms with E-state index in [-0.39, 0.29) is 17.5 Å². The normalized spacial score (nSPS) is 12.9. The highest BCUT2D eigenvalue weighted by Crippen LogP contribution is 2.52. The van der Waals surface area contributed by atoms with E-state index in [9.17, 15) is 9.67 Å². The van der Waals surface area contributed by atoms with Gasteiger partial charge in [-0.1, -0.05) is 46.8 Å². The van der Waals surface area contributed by atoms with Gasteiger partial charge < -0.3 is 14.2 Å². The predicted octanol–water partition coefficient (Wildman–Crippen LogP) is 5.58. The topological polar surface area (TPSA) is 55.8 Å². The zero-order chi connectivity index (χ0) is 17.8. The van der Waals surface area contributed by atoms with Crippen molar-refractivity contribution in [3.05, 3.63) is 28.8 Å². The zero-order valence-corrected chi connectivity index (χ0v) is 16.4. The van der Waals surface area contributed by atoms with Crippen LogP contribution in [0.2, 0.25) is 0 Å². The lowest BCUT2D eigenvalue weighted by molar-refractivity contribution is 0.219. The Bertz CT molecular complexity index is 563. The summed E-state index contributed by atoms with van der Waals surface area (Å²) in [6, 6.07) is 3.84. The summed E-state index contributed by atoms with van der Waals surface area (Å²) < 4.78 is 23.6. The highest BCUT2D eigenvalue weighted by Gasteiger charge is 2.28. The fourth-order valence-electron chi connectivity index (χ4n) is 2.57. The standard InChI is InChI=1S/C18H31O4P/c1-8-21-23(20,22-9-2)12-14-10-15(13(3)4)17(19)16(11-14)18(5,6)7/h10-11,13,19H,8-9,12H2,1-7H3. The molecule has 1 rings (SSSR count). The minimum Gasteiger partial charge on any atom is -0.507 e. The van der Waals surface area contributed by atoms with Crippen molar-refractivity contribution in [2.45, 2.75) is 66.0 Å². The Morgan fingerprint density at radius 2 is 1.65 bits per heavy atom. The Morgan fingerprint density at radius 1 is 1.13 bits per heavy atom. The van der Waals surface area contributed by atoms with Crippen LogP contribution in [0.25, 0.3) is 0 Å². The summed E-state index contributed by atoms with van der Waals surface area (Å²) in [5.41, 5.74) is 2.40. The summed E-state index contributed by atoms with van der Waals surface area (Å²) >= 11 is 0. The highest BCUT2D eigenvalue weighted by atomic mass is 31.2. The lowest BCUT2D eigenvalue weighted by atomic mass is 9.82. The summed E-state index contributed by atoms with van der Waals surface area (Å²) in [5, 5.41) is 10.6. The molecular formula is C18H31O4P. The van der Waals surface area contributed by atoms with E-state index in [0.717, 1.165) is 16.7 Å². The maximum absolute atomic E-state index is 12.8. The van der Waals surface area contributed by atoms with Crippen LogP contribution in [-0.2, 0) is 25.2 Å². The van der Waals surface area contributed by atoms with E-state index in [1.165, 1.54) is 0 Å². The lowest BCUT2D eigenvalue weighted by Gasteiger charge is -2.25. The van der Waals surface area contributed by atoms with Gasteiger partial charge in [0.05, 0.1) is 19.4 Å². The van der Waals surface area contributed by atoms with Crippen LogP contribution in [0.3, 0.4) is 0 Å². The van der Waals surface area contributed by atoms with Crippen LogP contribution in [0, 0.1) is 0 Å². The van der Waals surface area contributed by atoms with Gasteiger partial charge in [-0.25, -0.2) is 0 Å². The fraction of sp³-hybridized carbons (Fsp3) is 0.667. The zero-order valence-electron chi connectivity index (χ0n) is 15.5. The second kappa shape index (κ2) is 7.83. The molecule has 23 heavy (non-hydrogen) atoms. The third-order valence-electron chi connectivity index (χ3n) is 3.66. The van der Waals surface area contributed by atoms with E-state index in [2.05, 4.69) is 20.8 Å². The number of hydrogen-bond donors (Lipinski definition) is 1. The number of phenolic OH excluding ortho intramolecular Hbond substituents is 1. The molecule has 0 atom stereocenters. The highest BCUT2D eigenvalue weighted by molar-refractivity contribution is 7.53. The molecule has 0 saturated heterocycles. The molecule has 5 heteroatoms. The number of hydrogen-bond acceptors (Lipinski definition) is 4. The largest absolute Gasteiger partial charge is 0.507 e. The first-order chi connectivity index (χ1) is 10.5. The average molecular weight is 342 g/mol. The van der Waals surface area contributed by atoms with Crippen LogP contribution in [0.5, 0.6) is 5.75 Å². The van der Waals surface area contributed by atoms with E-state index in [0.29, 0.717) is 19.0 Å². The van der Waals surface area contributed by atoms with Crippen molar-refractivity contribution in [2.24, 2.45) is 0 Å². The lowest BCUT2D eigenvalue weighted by Crippen LogP contribution is -2.13. The van der Waals surface area contributed by atoms with E-state index >= 15 is 0 Å². The number of benzene rings is 1. The van der Waals surface area contributed by atoms with Crippen molar-refractivity contribution in [1.82, 2.24) is 0 Å². The van der Waals surface area contributed by atoms with Gasteiger partial charge in [-0.15, -0.1) is 0 Å². The predicted molar refractivity (Wildman–Crippen MR) is 95.5 cm³/mol. The van der Waals surface area contributed by atoms with Crippen LogP contribution in [0.15, 0.2) is 12.1 Å². The Balaban J connectivity index is 3.36. The monoisotopic (exact) mass is 342 g/mol. The maximum atomic E-state index is 12.8. The van der Waals surface area contributed by atoms with Crippen LogP contribution in [0.1, 0.15) is 71.1 Å². The number of rotatable bonds is 7. The summed E-state index contributed by atoms with van der Waals surface area (Å²) in [6.45, 7) is 14.6. The number of aromatic hydroxyl groups is 1. The van der Waals surface area contributed by atoms with Crippen molar-refractivity contribution in [1.29, 1.82) is 0 Å². The van der Waals surface area contributed by atoms with Crippen molar-refractivity contribution in [3.8, 4) is 5.75 Å². The van der Waals surface area contributed by atoms with Gasteiger partial charge in [-0.2, -0.15) is 0 Å². The van der Waals surface area contributed by atoms with Crippen molar-refractivity contribution in [3.63, 3.8) is 0 Å². The van der Waals surface area contributed by atoms with Crippen LogP contribution in [0.4, 0.5) is 0 Å². The van der Waals surface area contributed by atoms with Gasteiger partial charge in [0, 0.05) is 0 Å². The molecule has 0 amide bonds. The molecular weight excluding hydrogens is 311 g/mol. The molecule has 0 saturated carbocycles. The third kappa shape index (κ3) is 5.34. The van der Waals surface area contributed by atoms with Gasteiger partial charge in [-0.05, 0) is 41.9 Å². The summed E-state index contributed by atoms with van der Waals surface area (Å²) in [7, 11) is -3.16. The second-order valence-corrected chi connectivity index (χ2v) is 9.14. The minimum absolute atomic E-state index is 0.176. The first-order valence-corrected chi connectivity index (χ1v) is 10.0. The summed E-state index contributed by atoms with van der Waals surface area (Å²) in [4.78, 5) is 0. The molecule has 0 fully saturated rings. The average Bonchev–Trinajstić information content (AvgIpc) is 2.39. The summed E-state index contributed by atoms with van der Waals surface area (Å²) in [6.07, 6.45) is 0.220. The molecule has 0 aliphatic heterocycles. The molecule has 0 bridgehead atoms. The van der Waals surface area contributed by atoms with Gasteiger partial charge >= 0.3 is 7.60 Å². The van der Waals surface area contributed by atoms with E-state index in [1.54, 1.807) is 0 Å². The molecule has 1 aromatic carbocycles. The molecule has 1 N–H and O–H groups in total. The van der Waals surface area contributed by atoms with Gasteiger partial charge in [0.25, 0.3) is 0 Å². The minimum atomic E-state index is -3.16.